The van der Waals surface area contributed by atoms with Crippen LogP contribution in [0.2, 0.25) is 0 Å². The molecule has 0 saturated carbocycles. The maximum atomic E-state index is 13.1. The van der Waals surface area contributed by atoms with Crippen molar-refractivity contribution in [2.75, 3.05) is 42.5 Å². The van der Waals surface area contributed by atoms with Crippen LogP contribution in [0.25, 0.3) is 33.1 Å². The maximum absolute atomic E-state index is 13.1. The highest BCUT2D eigenvalue weighted by Gasteiger charge is 2.28. The number of carboxylic acid groups (broad SMARTS) is 1. The lowest BCUT2D eigenvalue weighted by Gasteiger charge is -2.21. The van der Waals surface area contributed by atoms with Crippen molar-refractivity contribution >= 4 is 59.4 Å². The molecule has 0 unspecified atom stereocenters. The summed E-state index contributed by atoms with van der Waals surface area (Å²) in [7, 11) is -9.04. The maximum Gasteiger partial charge on any atom is 0.363 e. The van der Waals surface area contributed by atoms with Gasteiger partial charge in [0.25, 0.3) is 10.1 Å². The molecular weight excluding hydrogens is 631 g/mol. The van der Waals surface area contributed by atoms with Crippen molar-refractivity contribution in [1.82, 2.24) is 4.72 Å². The minimum Gasteiger partial charge on any atom is -0.481 e. The first kappa shape index (κ1) is 35.1. The van der Waals surface area contributed by atoms with E-state index in [0.29, 0.717) is 46.8 Å². The quantitative estimate of drug-likeness (QED) is 0.0527. The first-order chi connectivity index (χ1) is 21.8. The number of carbonyl (C=O) groups is 1. The number of nitrogens with zero attached hydrogens (tertiary/aromatic N) is 2. The summed E-state index contributed by atoms with van der Waals surface area (Å²) >= 11 is 0. The average Bonchev–Trinajstić information content (AvgIpc) is 3.01. The second-order valence-corrected chi connectivity index (χ2v) is 14.1. The topological polar surface area (TPSA) is 156 Å². The van der Waals surface area contributed by atoms with Gasteiger partial charge in [-0.2, -0.15) is 8.42 Å². The van der Waals surface area contributed by atoms with E-state index < -0.39 is 31.0 Å². The summed E-state index contributed by atoms with van der Waals surface area (Å²) in [6.07, 6.45) is 1.33. The van der Waals surface area contributed by atoms with E-state index in [0.717, 1.165) is 43.6 Å². The first-order valence-electron chi connectivity index (χ1n) is 15.5. The Morgan fingerprint density at radius 1 is 0.761 bits per heavy atom. The molecule has 0 bridgehead atoms. The van der Waals surface area contributed by atoms with Crippen LogP contribution in [0.3, 0.4) is 0 Å². The molecule has 3 aromatic carbocycles. The van der Waals surface area contributed by atoms with Crippen molar-refractivity contribution in [2.45, 2.75) is 63.2 Å². The lowest BCUT2D eigenvalue weighted by atomic mass is 9.96. The Labute approximate surface area is 270 Å². The predicted octanol–water partition coefficient (Wildman–Crippen LogP) is 6.40. The van der Waals surface area contributed by atoms with E-state index in [9.17, 15) is 26.2 Å². The molecular formula is C33H42N3O8S2+. The summed E-state index contributed by atoms with van der Waals surface area (Å²) in [6.45, 7) is 11.3. The van der Waals surface area contributed by atoms with Crippen LogP contribution in [0.4, 0.5) is 11.4 Å². The zero-order chi connectivity index (χ0) is 33.6. The number of hydrogen-bond acceptors (Lipinski definition) is 7. The molecule has 1 aromatic heterocycles. The Morgan fingerprint density at radius 3 is 1.78 bits per heavy atom. The molecule has 0 saturated heterocycles. The van der Waals surface area contributed by atoms with E-state index >= 15 is 0 Å². The first-order valence-corrected chi connectivity index (χ1v) is 18.4. The van der Waals surface area contributed by atoms with Gasteiger partial charge >= 0.3 is 17.1 Å². The third-order valence-electron chi connectivity index (χ3n) is 8.12. The van der Waals surface area contributed by atoms with Crippen molar-refractivity contribution in [1.29, 1.82) is 0 Å². The summed E-state index contributed by atoms with van der Waals surface area (Å²) in [5.41, 5.74) is 3.48. The van der Waals surface area contributed by atoms with Crippen molar-refractivity contribution in [3.8, 4) is 11.1 Å². The molecule has 4 aromatic rings. The fourth-order valence-electron chi connectivity index (χ4n) is 5.69. The molecule has 46 heavy (non-hydrogen) atoms. The molecule has 0 atom stereocenters. The summed E-state index contributed by atoms with van der Waals surface area (Å²) in [6, 6.07) is 15.0. The zero-order valence-electron chi connectivity index (χ0n) is 26.6. The number of unbranched alkanes of at least 4 members (excludes halogenated alkanes) is 2. The number of fused-ring (bicyclic) bond motifs is 2. The van der Waals surface area contributed by atoms with Crippen LogP contribution in [-0.2, 0) is 24.9 Å². The highest BCUT2D eigenvalue weighted by molar-refractivity contribution is 7.89. The Balaban J connectivity index is 1.90. The zero-order valence-corrected chi connectivity index (χ0v) is 28.2. The van der Waals surface area contributed by atoms with Gasteiger partial charge in [0.05, 0.1) is 27.8 Å². The normalized spacial score (nSPS) is 12.1. The van der Waals surface area contributed by atoms with Gasteiger partial charge in [0.1, 0.15) is 4.90 Å². The Hall–Kier alpha value is -3.78. The standard InChI is InChI=1S/C33H41N3O8S2/c1-5-35(6-2)23-13-16-26-29(20-23)44-30-21-24(36(7-3)8-4)14-17-27(30)33(26)28-18-15-25(22-31(28)46(41,42)43)45(39,40)34-19-11-9-10-12-32(37)38/h13-18,20-22,34H,5-12,19H2,1-4H3,(H-,37,38,41,42,43)/p+1. The van der Waals surface area contributed by atoms with Gasteiger partial charge in [-0.1, -0.05) is 12.5 Å². The molecule has 3 N–H and O–H groups in total. The van der Waals surface area contributed by atoms with Gasteiger partial charge in [0, 0.05) is 61.6 Å². The summed E-state index contributed by atoms with van der Waals surface area (Å²) in [5, 5.41) is 9.97. The van der Waals surface area contributed by atoms with Crippen LogP contribution in [0.15, 0.2) is 68.8 Å². The van der Waals surface area contributed by atoms with Crippen LogP contribution >= 0.6 is 0 Å². The molecule has 1 heterocycles. The van der Waals surface area contributed by atoms with E-state index in [2.05, 4.69) is 42.2 Å². The van der Waals surface area contributed by atoms with E-state index in [1.165, 1.54) is 12.1 Å². The second kappa shape index (κ2) is 14.8. The third kappa shape index (κ3) is 7.77. The molecule has 0 fully saturated rings. The number of sulfonamides is 1. The van der Waals surface area contributed by atoms with Crippen LogP contribution in [0, 0.1) is 0 Å². The fraction of sp³-hybridized carbons (Fsp3) is 0.394. The highest BCUT2D eigenvalue weighted by Crippen LogP contribution is 2.42. The van der Waals surface area contributed by atoms with Crippen molar-refractivity contribution in [3.63, 3.8) is 0 Å². The molecule has 0 aliphatic carbocycles. The lowest BCUT2D eigenvalue weighted by Crippen LogP contribution is -2.25. The van der Waals surface area contributed by atoms with E-state index in [4.69, 9.17) is 9.52 Å². The smallest absolute Gasteiger partial charge is 0.363 e. The number of carboxylic acids is 1. The third-order valence-corrected chi connectivity index (χ3v) is 10.5. The average molecular weight is 673 g/mol. The molecule has 0 spiro atoms. The summed E-state index contributed by atoms with van der Waals surface area (Å²) in [4.78, 5) is 14.2. The summed E-state index contributed by atoms with van der Waals surface area (Å²) < 4.78 is 71.3. The van der Waals surface area contributed by atoms with Crippen molar-refractivity contribution in [2.24, 2.45) is 0 Å². The van der Waals surface area contributed by atoms with Crippen LogP contribution in [-0.4, -0.2) is 65.2 Å². The monoisotopic (exact) mass is 672 g/mol. The second-order valence-electron chi connectivity index (χ2n) is 10.9. The van der Waals surface area contributed by atoms with Gasteiger partial charge in [-0.3, -0.25) is 9.35 Å². The number of nitrogens with one attached hydrogen (secondary N) is 1. The molecule has 0 aliphatic heterocycles. The molecule has 0 aliphatic rings. The van der Waals surface area contributed by atoms with Crippen LogP contribution < -0.4 is 14.5 Å². The predicted molar refractivity (Wildman–Crippen MR) is 182 cm³/mol. The Kier molecular flexibility index (Phi) is 11.3. The minimum absolute atomic E-state index is 0.00435. The van der Waals surface area contributed by atoms with Crippen LogP contribution in [0.5, 0.6) is 0 Å². The summed E-state index contributed by atoms with van der Waals surface area (Å²) in [5.74, 6) is -0.917. The van der Waals surface area contributed by atoms with Gasteiger partial charge in [0.2, 0.25) is 10.0 Å². The lowest BCUT2D eigenvalue weighted by molar-refractivity contribution is -0.137. The van der Waals surface area contributed by atoms with Crippen molar-refractivity contribution in [3.05, 3.63) is 54.6 Å². The Bertz CT molecular complexity index is 1870. The molecule has 0 amide bonds. The number of anilines is 2. The van der Waals surface area contributed by atoms with E-state index in [1.807, 2.05) is 36.4 Å². The van der Waals surface area contributed by atoms with Gasteiger partial charge in [0.15, 0.2) is 0 Å². The van der Waals surface area contributed by atoms with E-state index in [-0.39, 0.29) is 23.4 Å². The molecule has 4 rings (SSSR count). The largest absolute Gasteiger partial charge is 0.481 e. The molecule has 0 radical (unpaired) electrons. The highest BCUT2D eigenvalue weighted by atomic mass is 32.2. The molecule has 248 valence electrons. The van der Waals surface area contributed by atoms with Gasteiger partial charge in [-0.15, -0.1) is 0 Å². The minimum atomic E-state index is -4.90. The van der Waals surface area contributed by atoms with Gasteiger partial charge in [-0.05, 0) is 76.9 Å². The van der Waals surface area contributed by atoms with Gasteiger partial charge < -0.3 is 14.9 Å². The fourth-order valence-corrected chi connectivity index (χ4v) is 7.58. The Morgan fingerprint density at radius 2 is 1.30 bits per heavy atom. The van der Waals surface area contributed by atoms with Gasteiger partial charge in [-0.25, -0.2) is 17.6 Å². The van der Waals surface area contributed by atoms with Crippen LogP contribution in [0.1, 0.15) is 53.4 Å². The number of benzene rings is 3. The SMILES string of the molecule is CCN(CC)c1ccc2c(-c3ccc(S(=O)(=O)NCCCCCC(=O)O)cc3S(=O)(=O)O)c3ccc(N(CC)CC)cc3[o+]c2c1. The van der Waals surface area contributed by atoms with Crippen molar-refractivity contribution < 1.29 is 35.7 Å². The number of aliphatic carboxylic acids is 1. The molecule has 13 heteroatoms. The van der Waals surface area contributed by atoms with E-state index in [1.54, 1.807) is 0 Å². The number of rotatable bonds is 16. The number of hydrogen-bond donors (Lipinski definition) is 3. The molecule has 11 nitrogen and oxygen atoms in total.